The van der Waals surface area contributed by atoms with Gasteiger partial charge in [0.25, 0.3) is 0 Å². The number of aryl methyl sites for hydroxylation is 2. The average molecular weight is 574 g/mol. The maximum Gasteiger partial charge on any atom is 0.410 e. The van der Waals surface area contributed by atoms with Gasteiger partial charge >= 0.3 is 6.09 Å². The van der Waals surface area contributed by atoms with Gasteiger partial charge in [0.15, 0.2) is 0 Å². The first-order valence-electron chi connectivity index (χ1n) is 15.5. The zero-order chi connectivity index (χ0) is 30.0. The minimum absolute atomic E-state index is 0.0423. The molecule has 3 aromatic rings. The highest BCUT2D eigenvalue weighted by Gasteiger charge is 2.26. The van der Waals surface area contributed by atoms with Crippen molar-refractivity contribution in [2.75, 3.05) is 49.5 Å². The van der Waals surface area contributed by atoms with E-state index in [-0.39, 0.29) is 18.0 Å². The molecular formula is C34H47N5O3. The third-order valence-corrected chi connectivity index (χ3v) is 8.52. The molecule has 3 heterocycles. The smallest absolute Gasteiger partial charge is 0.410 e. The van der Waals surface area contributed by atoms with Crippen molar-refractivity contribution in [3.05, 3.63) is 59.3 Å². The number of carbonyl (C=O) groups excluding carboxylic acids is 2. The number of hydrogen-bond donors (Lipinski definition) is 1. The van der Waals surface area contributed by atoms with Crippen LogP contribution in [-0.4, -0.2) is 71.2 Å². The maximum atomic E-state index is 13.6. The van der Waals surface area contributed by atoms with E-state index in [4.69, 9.17) is 4.74 Å². The van der Waals surface area contributed by atoms with Crippen LogP contribution >= 0.6 is 0 Å². The molecule has 2 aliphatic rings. The van der Waals surface area contributed by atoms with E-state index in [1.54, 1.807) is 4.90 Å². The van der Waals surface area contributed by atoms with Crippen molar-refractivity contribution in [2.24, 2.45) is 0 Å². The van der Waals surface area contributed by atoms with Crippen LogP contribution in [0, 0.1) is 13.8 Å². The molecule has 1 atom stereocenters. The predicted octanol–water partition coefficient (Wildman–Crippen LogP) is 6.50. The van der Waals surface area contributed by atoms with E-state index >= 15 is 0 Å². The molecule has 0 saturated carbocycles. The van der Waals surface area contributed by atoms with Crippen LogP contribution in [0.5, 0.6) is 0 Å². The standard InChI is InChI=1S/C34H47N5O3/c1-24-10-12-28(37-16-18-38(19-17-37)33(41)42-34(4,5)6)21-30(24)35-32(40)26(3)39-22-25(2)29-20-27(11-13-31(29)39)23-36-14-8-7-9-15-36/h10-13,20-22,26H,7-9,14-19,23H2,1-6H3,(H,35,40). The molecule has 2 aliphatic heterocycles. The van der Waals surface area contributed by atoms with Crippen LogP contribution in [0.3, 0.4) is 0 Å². The maximum absolute atomic E-state index is 13.6. The van der Waals surface area contributed by atoms with E-state index in [2.05, 4.69) is 69.2 Å². The molecule has 0 bridgehead atoms. The highest BCUT2D eigenvalue weighted by molar-refractivity contribution is 5.96. The number of hydrogen-bond acceptors (Lipinski definition) is 5. The summed E-state index contributed by atoms with van der Waals surface area (Å²) in [6, 6.07) is 12.5. The quantitative estimate of drug-likeness (QED) is 0.365. The Balaban J connectivity index is 1.25. The molecule has 226 valence electrons. The van der Waals surface area contributed by atoms with E-state index in [1.807, 2.05) is 34.6 Å². The summed E-state index contributed by atoms with van der Waals surface area (Å²) in [6.45, 7) is 17.7. The number of piperazine rings is 1. The summed E-state index contributed by atoms with van der Waals surface area (Å²) in [5.41, 5.74) is 5.98. The first kappa shape index (κ1) is 30.0. The third kappa shape index (κ3) is 6.92. The van der Waals surface area contributed by atoms with Crippen molar-refractivity contribution >= 4 is 34.3 Å². The molecule has 2 fully saturated rings. The Morgan fingerprint density at radius 1 is 0.905 bits per heavy atom. The number of fused-ring (bicyclic) bond motifs is 1. The van der Waals surface area contributed by atoms with E-state index in [9.17, 15) is 9.59 Å². The summed E-state index contributed by atoms with van der Waals surface area (Å²) < 4.78 is 7.63. The lowest BCUT2D eigenvalue weighted by Gasteiger charge is -2.37. The summed E-state index contributed by atoms with van der Waals surface area (Å²) >= 11 is 0. The second-order valence-corrected chi connectivity index (χ2v) is 13.0. The van der Waals surface area contributed by atoms with E-state index in [0.717, 1.165) is 29.0 Å². The van der Waals surface area contributed by atoms with E-state index in [0.29, 0.717) is 26.2 Å². The van der Waals surface area contributed by atoms with Crippen LogP contribution < -0.4 is 10.2 Å². The minimum atomic E-state index is -0.503. The summed E-state index contributed by atoms with van der Waals surface area (Å²) in [5.74, 6) is -0.0423. The molecule has 5 rings (SSSR count). The number of amides is 2. The molecule has 1 unspecified atom stereocenters. The molecule has 2 saturated heterocycles. The fourth-order valence-electron chi connectivity index (χ4n) is 6.04. The number of benzene rings is 2. The molecule has 8 heteroatoms. The second kappa shape index (κ2) is 12.4. The Kier molecular flexibility index (Phi) is 8.83. The van der Waals surface area contributed by atoms with Gasteiger partial charge < -0.3 is 24.4 Å². The number of nitrogens with zero attached hydrogens (tertiary/aromatic N) is 4. The summed E-state index contributed by atoms with van der Waals surface area (Å²) in [6.07, 6.45) is 5.76. The highest BCUT2D eigenvalue weighted by Crippen LogP contribution is 2.29. The zero-order valence-electron chi connectivity index (χ0n) is 26.2. The number of carbonyl (C=O) groups is 2. The van der Waals surface area contributed by atoms with Gasteiger partial charge in [0.1, 0.15) is 11.6 Å². The minimum Gasteiger partial charge on any atom is -0.444 e. The molecule has 8 nitrogen and oxygen atoms in total. The molecule has 42 heavy (non-hydrogen) atoms. The third-order valence-electron chi connectivity index (χ3n) is 8.52. The first-order valence-corrected chi connectivity index (χ1v) is 15.5. The summed E-state index contributed by atoms with van der Waals surface area (Å²) in [5, 5.41) is 4.42. The highest BCUT2D eigenvalue weighted by atomic mass is 16.6. The average Bonchev–Trinajstić information content (AvgIpc) is 3.29. The van der Waals surface area contributed by atoms with Crippen LogP contribution in [0.1, 0.15) is 69.7 Å². The van der Waals surface area contributed by atoms with Crippen LogP contribution in [0.15, 0.2) is 42.6 Å². The topological polar surface area (TPSA) is 70.0 Å². The number of rotatable bonds is 6. The lowest BCUT2D eigenvalue weighted by molar-refractivity contribution is -0.118. The van der Waals surface area contributed by atoms with Crippen molar-refractivity contribution in [3.63, 3.8) is 0 Å². The lowest BCUT2D eigenvalue weighted by atomic mass is 10.1. The van der Waals surface area contributed by atoms with E-state index < -0.39 is 5.60 Å². The van der Waals surface area contributed by atoms with Gasteiger partial charge in [-0.25, -0.2) is 4.79 Å². The van der Waals surface area contributed by atoms with Gasteiger partial charge in [-0.1, -0.05) is 18.6 Å². The largest absolute Gasteiger partial charge is 0.444 e. The number of nitrogens with one attached hydrogen (secondary N) is 1. The van der Waals surface area contributed by atoms with Gasteiger partial charge in [0.2, 0.25) is 5.91 Å². The van der Waals surface area contributed by atoms with Gasteiger partial charge in [0.05, 0.1) is 0 Å². The van der Waals surface area contributed by atoms with Gasteiger partial charge in [-0.05, 0) is 108 Å². The number of likely N-dealkylation sites (tertiary alicyclic amines) is 1. The Morgan fingerprint density at radius 2 is 1.62 bits per heavy atom. The molecule has 0 radical (unpaired) electrons. The van der Waals surface area contributed by atoms with Crippen LogP contribution in [-0.2, 0) is 16.1 Å². The SMILES string of the molecule is Cc1ccc(N2CCN(C(=O)OC(C)(C)C)CC2)cc1NC(=O)C(C)n1cc(C)c2cc(CN3CCCCC3)ccc21. The van der Waals surface area contributed by atoms with Crippen molar-refractivity contribution in [1.82, 2.24) is 14.4 Å². The molecule has 1 N–H and O–H groups in total. The Bertz CT molecular complexity index is 1420. The van der Waals surface area contributed by atoms with Gasteiger partial charge in [-0.15, -0.1) is 0 Å². The van der Waals surface area contributed by atoms with E-state index in [1.165, 1.54) is 48.9 Å². The molecular weight excluding hydrogens is 526 g/mol. The molecule has 0 spiro atoms. The second-order valence-electron chi connectivity index (χ2n) is 13.0. The molecule has 2 amide bonds. The predicted molar refractivity (Wildman–Crippen MR) is 170 cm³/mol. The zero-order valence-corrected chi connectivity index (χ0v) is 26.2. The van der Waals surface area contributed by atoms with Crippen LogP contribution in [0.4, 0.5) is 16.2 Å². The normalized spacial score (nSPS) is 17.4. The van der Waals surface area contributed by atoms with Crippen LogP contribution in [0.2, 0.25) is 0 Å². The number of aromatic nitrogens is 1. The first-order chi connectivity index (χ1) is 20.0. The molecule has 2 aromatic carbocycles. The number of anilines is 2. The monoisotopic (exact) mass is 573 g/mol. The molecule has 1 aromatic heterocycles. The number of piperidine rings is 1. The fraction of sp³-hybridized carbons (Fsp3) is 0.529. The van der Waals surface area contributed by atoms with Gasteiger partial charge in [-0.3, -0.25) is 9.69 Å². The van der Waals surface area contributed by atoms with Crippen molar-refractivity contribution in [3.8, 4) is 0 Å². The number of ether oxygens (including phenoxy) is 1. The van der Waals surface area contributed by atoms with Crippen molar-refractivity contribution < 1.29 is 14.3 Å². The Hall–Kier alpha value is -3.52. The van der Waals surface area contributed by atoms with Crippen molar-refractivity contribution in [2.45, 2.75) is 79.0 Å². The van der Waals surface area contributed by atoms with Crippen LogP contribution in [0.25, 0.3) is 10.9 Å². The fourth-order valence-corrected chi connectivity index (χ4v) is 6.04. The Morgan fingerprint density at radius 3 is 2.31 bits per heavy atom. The molecule has 0 aliphatic carbocycles. The Labute approximate surface area is 250 Å². The lowest BCUT2D eigenvalue weighted by Crippen LogP contribution is -2.50. The van der Waals surface area contributed by atoms with Gasteiger partial charge in [-0.2, -0.15) is 0 Å². The summed E-state index contributed by atoms with van der Waals surface area (Å²) in [7, 11) is 0. The van der Waals surface area contributed by atoms with Gasteiger partial charge in [0, 0.05) is 61.2 Å². The summed E-state index contributed by atoms with van der Waals surface area (Å²) in [4.78, 5) is 32.6. The van der Waals surface area contributed by atoms with Crippen molar-refractivity contribution in [1.29, 1.82) is 0 Å².